The zero-order chi connectivity index (χ0) is 6.08. The van der Waals surface area contributed by atoms with E-state index in [2.05, 4.69) is 15.9 Å². The first-order valence-electron chi connectivity index (χ1n) is 1.62. The van der Waals surface area contributed by atoms with Crippen molar-refractivity contribution in [3.63, 3.8) is 0 Å². The molecule has 0 aromatic rings. The van der Waals surface area contributed by atoms with E-state index in [1.165, 1.54) is 6.92 Å². The molecule has 2 N–H and O–H groups in total. The highest BCUT2D eigenvalue weighted by Gasteiger charge is 2.22. The molecule has 0 radical (unpaired) electrons. The highest BCUT2D eigenvalue weighted by atomic mass is 79.9. The molecule has 0 spiro atoms. The van der Waals surface area contributed by atoms with Crippen molar-refractivity contribution in [3.8, 4) is 0 Å². The highest BCUT2D eigenvalue weighted by Crippen LogP contribution is 2.20. The molecule has 2 nitrogen and oxygen atoms in total. The van der Waals surface area contributed by atoms with Gasteiger partial charge < -0.3 is 5.73 Å². The van der Waals surface area contributed by atoms with Crippen LogP contribution in [0.25, 0.3) is 0 Å². The largest absolute Gasteiger partial charge is 0.367 e. The smallest absolute Gasteiger partial charge is 0.249 e. The van der Waals surface area contributed by atoms with Crippen LogP contribution in [-0.2, 0) is 4.79 Å². The van der Waals surface area contributed by atoms with Gasteiger partial charge >= 0.3 is 0 Å². The maximum atomic E-state index is 10.1. The van der Waals surface area contributed by atoms with E-state index < -0.39 is 9.69 Å². The van der Waals surface area contributed by atoms with Crippen molar-refractivity contribution in [2.45, 2.75) is 10.7 Å². The van der Waals surface area contributed by atoms with Crippen molar-refractivity contribution in [2.24, 2.45) is 5.73 Å². The van der Waals surface area contributed by atoms with Crippen LogP contribution in [0.3, 0.4) is 0 Å². The van der Waals surface area contributed by atoms with Crippen molar-refractivity contribution in [1.82, 2.24) is 0 Å². The summed E-state index contributed by atoms with van der Waals surface area (Å²) < 4.78 is -1.08. The molecule has 0 saturated carbocycles. The summed E-state index contributed by atoms with van der Waals surface area (Å²) in [6.45, 7) is 1.47. The van der Waals surface area contributed by atoms with Crippen LogP contribution in [0.4, 0.5) is 0 Å². The molecule has 0 aromatic carbocycles. The average Bonchev–Trinajstić information content (AvgIpc) is 1.31. The first kappa shape index (κ1) is 7.24. The normalized spacial score (nSPS) is 18.1. The Balaban J connectivity index is 3.79. The van der Waals surface area contributed by atoms with E-state index in [-0.39, 0.29) is 0 Å². The molecule has 0 aliphatic heterocycles. The molecule has 7 heavy (non-hydrogen) atoms. The predicted octanol–water partition coefficient (Wildman–Crippen LogP) is 0.822. The molecule has 0 bridgehead atoms. The number of carbonyl (C=O) groups excluding carboxylic acids is 1. The van der Waals surface area contributed by atoms with Crippen LogP contribution in [0.1, 0.15) is 6.92 Å². The van der Waals surface area contributed by atoms with Gasteiger partial charge in [-0.1, -0.05) is 27.5 Å². The van der Waals surface area contributed by atoms with Gasteiger partial charge in [-0.3, -0.25) is 4.79 Å². The molecule has 42 valence electrons. The molecular formula is C3H5BrClNO. The van der Waals surface area contributed by atoms with Crippen LogP contribution in [0, 0.1) is 0 Å². The lowest BCUT2D eigenvalue weighted by Gasteiger charge is -2.04. The topological polar surface area (TPSA) is 43.1 Å². The van der Waals surface area contributed by atoms with Gasteiger partial charge in [0.15, 0.2) is 3.78 Å². The minimum Gasteiger partial charge on any atom is -0.367 e. The Kier molecular flexibility index (Phi) is 2.08. The third-order valence-corrected chi connectivity index (χ3v) is 1.01. The number of hydrogen-bond donors (Lipinski definition) is 1. The highest BCUT2D eigenvalue weighted by molar-refractivity contribution is 9.10. The van der Waals surface area contributed by atoms with E-state index >= 15 is 0 Å². The molecule has 1 atom stereocenters. The van der Waals surface area contributed by atoms with Gasteiger partial charge in [0.25, 0.3) is 0 Å². The summed E-state index contributed by atoms with van der Waals surface area (Å²) in [4.78, 5) is 10.1. The predicted molar refractivity (Wildman–Crippen MR) is 32.4 cm³/mol. The summed E-state index contributed by atoms with van der Waals surface area (Å²) in [7, 11) is 0. The number of carbonyl (C=O) groups is 1. The Morgan fingerprint density at radius 2 is 2.14 bits per heavy atom. The van der Waals surface area contributed by atoms with Crippen molar-refractivity contribution < 1.29 is 4.79 Å². The Bertz CT molecular complexity index is 87.4. The Morgan fingerprint density at radius 1 is 2.00 bits per heavy atom. The van der Waals surface area contributed by atoms with Gasteiger partial charge in [-0.2, -0.15) is 0 Å². The summed E-state index contributed by atoms with van der Waals surface area (Å²) in [6.07, 6.45) is 0. The second-order valence-corrected chi connectivity index (χ2v) is 4.05. The third-order valence-electron chi connectivity index (χ3n) is 0.433. The van der Waals surface area contributed by atoms with Crippen molar-refractivity contribution in [2.75, 3.05) is 0 Å². The maximum absolute atomic E-state index is 10.1. The molecule has 4 heteroatoms. The van der Waals surface area contributed by atoms with Gasteiger partial charge in [0.05, 0.1) is 0 Å². The fourth-order valence-corrected chi connectivity index (χ4v) is 0. The van der Waals surface area contributed by atoms with E-state index in [1.54, 1.807) is 0 Å². The van der Waals surface area contributed by atoms with Crippen LogP contribution in [0.15, 0.2) is 0 Å². The molecule has 0 aliphatic rings. The molecule has 1 amide bonds. The molecule has 1 unspecified atom stereocenters. The van der Waals surface area contributed by atoms with Gasteiger partial charge in [0, 0.05) is 0 Å². The first-order chi connectivity index (χ1) is 2.94. The van der Waals surface area contributed by atoms with Crippen molar-refractivity contribution >= 4 is 33.4 Å². The third kappa shape index (κ3) is 2.88. The molecule has 0 fully saturated rings. The lowest BCUT2D eigenvalue weighted by molar-refractivity contribution is -0.118. The number of hydrogen-bond acceptors (Lipinski definition) is 1. The standard InChI is InChI=1S/C3H5BrClNO/c1-3(4,5)2(6)7/h1H3,(H2,6,7). The number of alkyl halides is 2. The summed E-state index contributed by atoms with van der Waals surface area (Å²) in [5, 5.41) is 0. The van der Waals surface area contributed by atoms with Crippen LogP contribution < -0.4 is 5.73 Å². The van der Waals surface area contributed by atoms with Gasteiger partial charge in [-0.15, -0.1) is 0 Å². The fraction of sp³-hybridized carbons (Fsp3) is 0.667. The molecule has 0 aliphatic carbocycles. The van der Waals surface area contributed by atoms with Gasteiger partial charge in [-0.25, -0.2) is 0 Å². The van der Waals surface area contributed by atoms with Crippen LogP contribution in [-0.4, -0.2) is 9.69 Å². The second kappa shape index (κ2) is 2.01. The van der Waals surface area contributed by atoms with Gasteiger partial charge in [0.1, 0.15) is 0 Å². The second-order valence-electron chi connectivity index (χ2n) is 1.25. The molecule has 0 saturated heterocycles. The Morgan fingerprint density at radius 3 is 2.14 bits per heavy atom. The summed E-state index contributed by atoms with van der Waals surface area (Å²) in [5.41, 5.74) is 4.75. The summed E-state index contributed by atoms with van der Waals surface area (Å²) >= 11 is 8.14. The fourth-order valence-electron chi connectivity index (χ4n) is 0. The summed E-state index contributed by atoms with van der Waals surface area (Å²) in [6, 6.07) is 0. The van der Waals surface area contributed by atoms with E-state index in [9.17, 15) is 4.79 Å². The van der Waals surface area contributed by atoms with E-state index in [1.807, 2.05) is 0 Å². The molecule has 0 rings (SSSR count). The first-order valence-corrected chi connectivity index (χ1v) is 2.79. The zero-order valence-corrected chi connectivity index (χ0v) is 6.08. The number of halogens is 2. The zero-order valence-electron chi connectivity index (χ0n) is 3.74. The number of nitrogens with two attached hydrogens (primary N) is 1. The number of amides is 1. The summed E-state index contributed by atoms with van der Waals surface area (Å²) in [5.74, 6) is -0.575. The van der Waals surface area contributed by atoms with Crippen LogP contribution >= 0.6 is 27.5 Å². The minimum absolute atomic E-state index is 0.575. The van der Waals surface area contributed by atoms with E-state index in [0.29, 0.717) is 0 Å². The quantitative estimate of drug-likeness (QED) is 0.606. The Hall–Kier alpha value is 0.240. The SMILES string of the molecule is CC(Cl)(Br)C(N)=O. The minimum atomic E-state index is -1.08. The van der Waals surface area contributed by atoms with Gasteiger partial charge in [0.2, 0.25) is 5.91 Å². The lowest BCUT2D eigenvalue weighted by atomic mass is 10.5. The molecule has 0 aromatic heterocycles. The maximum Gasteiger partial charge on any atom is 0.249 e. The van der Waals surface area contributed by atoms with Crippen molar-refractivity contribution in [1.29, 1.82) is 0 Å². The molecular weight excluding hydrogens is 181 g/mol. The number of rotatable bonds is 1. The van der Waals surface area contributed by atoms with E-state index in [0.717, 1.165) is 0 Å². The van der Waals surface area contributed by atoms with Gasteiger partial charge in [-0.05, 0) is 6.92 Å². The average molecular weight is 186 g/mol. The van der Waals surface area contributed by atoms with Crippen LogP contribution in [0.2, 0.25) is 0 Å². The van der Waals surface area contributed by atoms with Crippen molar-refractivity contribution in [3.05, 3.63) is 0 Å². The monoisotopic (exact) mass is 185 g/mol. The van der Waals surface area contributed by atoms with Crippen LogP contribution in [0.5, 0.6) is 0 Å². The number of primary amides is 1. The molecule has 0 heterocycles. The van der Waals surface area contributed by atoms with E-state index in [4.69, 9.17) is 17.3 Å². The lowest BCUT2D eigenvalue weighted by Crippen LogP contribution is -2.29. The Labute approximate surface area is 55.1 Å².